The fraction of sp³-hybridized carbons (Fsp3) is 0.600. The van der Waals surface area contributed by atoms with Gasteiger partial charge in [0, 0.05) is 11.7 Å². The van der Waals surface area contributed by atoms with E-state index in [1.807, 2.05) is 13.0 Å². The van der Waals surface area contributed by atoms with E-state index in [9.17, 15) is 0 Å². The molecule has 2 nitrogen and oxygen atoms in total. The van der Waals surface area contributed by atoms with Gasteiger partial charge in [-0.1, -0.05) is 12.8 Å². The first-order chi connectivity index (χ1) is 8.19. The van der Waals surface area contributed by atoms with Gasteiger partial charge in [-0.25, -0.2) is 0 Å². The smallest absolute Gasteiger partial charge is 0.119 e. The van der Waals surface area contributed by atoms with Gasteiger partial charge in [0.1, 0.15) is 5.75 Å². The van der Waals surface area contributed by atoms with Crippen molar-refractivity contribution in [3.05, 3.63) is 23.8 Å². The van der Waals surface area contributed by atoms with Gasteiger partial charge in [0.15, 0.2) is 0 Å². The average molecular weight is 233 g/mol. The van der Waals surface area contributed by atoms with Crippen molar-refractivity contribution in [1.82, 2.24) is 0 Å². The normalized spacial score (nSPS) is 16.6. The van der Waals surface area contributed by atoms with Crippen LogP contribution < -0.4 is 10.1 Å². The van der Waals surface area contributed by atoms with Crippen LogP contribution in [-0.2, 0) is 0 Å². The Hall–Kier alpha value is -1.18. The van der Waals surface area contributed by atoms with Crippen LogP contribution in [0.2, 0.25) is 0 Å². The third kappa shape index (κ3) is 3.65. The quantitative estimate of drug-likeness (QED) is 0.802. The number of hydrogen-bond acceptors (Lipinski definition) is 2. The van der Waals surface area contributed by atoms with Gasteiger partial charge in [0.25, 0.3) is 0 Å². The van der Waals surface area contributed by atoms with Crippen molar-refractivity contribution < 1.29 is 4.74 Å². The fourth-order valence-corrected chi connectivity index (χ4v) is 2.23. The predicted molar refractivity (Wildman–Crippen MR) is 72.8 cm³/mol. The Morgan fingerprint density at radius 2 is 2.18 bits per heavy atom. The third-order valence-corrected chi connectivity index (χ3v) is 3.29. The van der Waals surface area contributed by atoms with Gasteiger partial charge in [-0.2, -0.15) is 0 Å². The Labute approximate surface area is 104 Å². The molecule has 1 saturated carbocycles. The number of hydrogen-bond donors (Lipinski definition) is 1. The summed E-state index contributed by atoms with van der Waals surface area (Å²) in [6.07, 6.45) is 4.15. The highest BCUT2D eigenvalue weighted by atomic mass is 16.5. The van der Waals surface area contributed by atoms with Crippen LogP contribution in [-0.4, -0.2) is 12.6 Å². The lowest BCUT2D eigenvalue weighted by Gasteiger charge is -2.17. The number of ether oxygens (including phenoxy) is 1. The number of aryl methyl sites for hydroxylation is 1. The SMILES string of the molecule is CCOc1ccc(NC(C)CC2CC2)c(C)c1. The van der Waals surface area contributed by atoms with Crippen molar-refractivity contribution >= 4 is 5.69 Å². The minimum atomic E-state index is 0.569. The third-order valence-electron chi connectivity index (χ3n) is 3.29. The lowest BCUT2D eigenvalue weighted by Crippen LogP contribution is -2.16. The molecular formula is C15H23NO. The van der Waals surface area contributed by atoms with E-state index in [0.717, 1.165) is 18.3 Å². The summed E-state index contributed by atoms with van der Waals surface area (Å²) in [5.74, 6) is 1.94. The minimum absolute atomic E-state index is 0.569. The predicted octanol–water partition coefficient (Wildman–Crippen LogP) is 3.99. The van der Waals surface area contributed by atoms with Crippen LogP contribution in [0, 0.1) is 12.8 Å². The summed E-state index contributed by atoms with van der Waals surface area (Å²) in [5.41, 5.74) is 2.50. The minimum Gasteiger partial charge on any atom is -0.494 e. The molecule has 94 valence electrons. The largest absolute Gasteiger partial charge is 0.494 e. The van der Waals surface area contributed by atoms with Crippen LogP contribution in [0.15, 0.2) is 18.2 Å². The van der Waals surface area contributed by atoms with E-state index in [0.29, 0.717) is 6.04 Å². The Morgan fingerprint density at radius 1 is 1.41 bits per heavy atom. The first-order valence-electron chi connectivity index (χ1n) is 6.69. The molecule has 1 atom stereocenters. The fourth-order valence-electron chi connectivity index (χ4n) is 2.23. The van der Waals surface area contributed by atoms with Crippen LogP contribution in [0.4, 0.5) is 5.69 Å². The van der Waals surface area contributed by atoms with Crippen LogP contribution in [0.3, 0.4) is 0 Å². The molecule has 0 radical (unpaired) electrons. The van der Waals surface area contributed by atoms with Crippen molar-refractivity contribution in [2.75, 3.05) is 11.9 Å². The Bertz CT molecular complexity index is 371. The first-order valence-corrected chi connectivity index (χ1v) is 6.69. The summed E-state index contributed by atoms with van der Waals surface area (Å²) in [5, 5.41) is 3.60. The molecule has 1 unspecified atom stereocenters. The second kappa shape index (κ2) is 5.44. The molecule has 2 heteroatoms. The van der Waals surface area contributed by atoms with Crippen molar-refractivity contribution in [1.29, 1.82) is 0 Å². The molecule has 1 aromatic rings. The summed E-state index contributed by atoms with van der Waals surface area (Å²) in [7, 11) is 0. The summed E-state index contributed by atoms with van der Waals surface area (Å²) in [6.45, 7) is 7.15. The second-order valence-electron chi connectivity index (χ2n) is 5.13. The van der Waals surface area contributed by atoms with Gasteiger partial charge in [0.05, 0.1) is 6.61 Å². The zero-order chi connectivity index (χ0) is 12.3. The molecule has 0 amide bonds. The maximum Gasteiger partial charge on any atom is 0.119 e. The molecule has 1 N–H and O–H groups in total. The average Bonchev–Trinajstić information content (AvgIpc) is 3.06. The van der Waals surface area contributed by atoms with Gasteiger partial charge in [-0.05, 0) is 56.9 Å². The van der Waals surface area contributed by atoms with Crippen molar-refractivity contribution in [3.8, 4) is 5.75 Å². The van der Waals surface area contributed by atoms with Crippen LogP contribution in [0.25, 0.3) is 0 Å². The molecule has 0 aromatic heterocycles. The second-order valence-corrected chi connectivity index (χ2v) is 5.13. The molecule has 1 aromatic carbocycles. The zero-order valence-corrected chi connectivity index (χ0v) is 11.1. The molecule has 0 spiro atoms. The molecule has 17 heavy (non-hydrogen) atoms. The topological polar surface area (TPSA) is 21.3 Å². The van der Waals surface area contributed by atoms with Crippen LogP contribution >= 0.6 is 0 Å². The summed E-state index contributed by atoms with van der Waals surface area (Å²) in [6, 6.07) is 6.85. The van der Waals surface area contributed by atoms with Crippen molar-refractivity contribution in [2.45, 2.75) is 46.1 Å². The van der Waals surface area contributed by atoms with Gasteiger partial charge in [0.2, 0.25) is 0 Å². The maximum atomic E-state index is 5.49. The molecule has 1 fully saturated rings. The number of nitrogens with one attached hydrogen (secondary N) is 1. The van der Waals surface area contributed by atoms with E-state index in [2.05, 4.69) is 31.3 Å². The molecule has 0 bridgehead atoms. The van der Waals surface area contributed by atoms with E-state index < -0.39 is 0 Å². The summed E-state index contributed by atoms with van der Waals surface area (Å²) >= 11 is 0. The Kier molecular flexibility index (Phi) is 3.93. The lowest BCUT2D eigenvalue weighted by atomic mass is 10.1. The highest BCUT2D eigenvalue weighted by Crippen LogP contribution is 2.34. The Balaban J connectivity index is 1.94. The highest BCUT2D eigenvalue weighted by Gasteiger charge is 2.23. The number of anilines is 1. The van der Waals surface area contributed by atoms with E-state index in [-0.39, 0.29) is 0 Å². The summed E-state index contributed by atoms with van der Waals surface area (Å²) < 4.78 is 5.49. The van der Waals surface area contributed by atoms with Crippen LogP contribution in [0.5, 0.6) is 5.75 Å². The van der Waals surface area contributed by atoms with Gasteiger partial charge >= 0.3 is 0 Å². The zero-order valence-electron chi connectivity index (χ0n) is 11.1. The molecule has 0 aliphatic heterocycles. The highest BCUT2D eigenvalue weighted by molar-refractivity contribution is 5.54. The molecule has 2 rings (SSSR count). The van der Waals surface area contributed by atoms with E-state index in [1.165, 1.54) is 30.5 Å². The molecular weight excluding hydrogens is 210 g/mol. The van der Waals surface area contributed by atoms with E-state index >= 15 is 0 Å². The van der Waals surface area contributed by atoms with Gasteiger partial charge < -0.3 is 10.1 Å². The van der Waals surface area contributed by atoms with Crippen LogP contribution in [0.1, 0.15) is 38.7 Å². The van der Waals surface area contributed by atoms with Crippen molar-refractivity contribution in [2.24, 2.45) is 5.92 Å². The molecule has 0 heterocycles. The number of rotatable bonds is 6. The summed E-state index contributed by atoms with van der Waals surface area (Å²) in [4.78, 5) is 0. The molecule has 1 aliphatic rings. The maximum absolute atomic E-state index is 5.49. The monoisotopic (exact) mass is 233 g/mol. The number of benzene rings is 1. The van der Waals surface area contributed by atoms with E-state index in [4.69, 9.17) is 4.74 Å². The Morgan fingerprint density at radius 3 is 2.76 bits per heavy atom. The van der Waals surface area contributed by atoms with E-state index in [1.54, 1.807) is 0 Å². The molecule has 0 saturated heterocycles. The molecule has 1 aliphatic carbocycles. The van der Waals surface area contributed by atoms with Gasteiger partial charge in [-0.15, -0.1) is 0 Å². The van der Waals surface area contributed by atoms with Gasteiger partial charge in [-0.3, -0.25) is 0 Å². The first kappa shape index (κ1) is 12.3. The lowest BCUT2D eigenvalue weighted by molar-refractivity contribution is 0.340. The van der Waals surface area contributed by atoms with Crippen molar-refractivity contribution in [3.63, 3.8) is 0 Å². The standard InChI is InChI=1S/C15H23NO/c1-4-17-14-7-8-15(11(2)9-14)16-12(3)10-13-5-6-13/h7-9,12-13,16H,4-6,10H2,1-3H3.